The molecule has 1 saturated heterocycles. The predicted molar refractivity (Wildman–Crippen MR) is 461 cm³/mol. The lowest BCUT2D eigenvalue weighted by Gasteiger charge is -2.61. The summed E-state index contributed by atoms with van der Waals surface area (Å²) in [6, 6.07) is 22.8. The van der Waals surface area contributed by atoms with E-state index in [1.165, 1.54) is 33.4 Å². The minimum atomic E-state index is -3.26. The summed E-state index contributed by atoms with van der Waals surface area (Å²) in [5.41, 5.74) is 19.6. The van der Waals surface area contributed by atoms with Crippen LogP contribution >= 0.6 is 22.9 Å². The Morgan fingerprint density at radius 3 is 0.539 bits per heavy atom. The standard InChI is InChI=1S/C73H140S2Si14/c1-51-43-53(3)63(54(4)44-51)88(65-59(69(80(19,20)21)81(22,23)24)47-57(67(76(7,8)9)77(10,11)12)48-60(65)70(82(25,26)27)83(28,29)30)73(74)89(75-88,64-55(5)45-52(2)46-56(64)6)66-61(71(84(31,32)33)85(34,35)36)49-58(68(78(13,14)15)79(16,17)18)50-62(66)72(86(37,38)39)87(40,41)42/h43-50,67-72H,1-42H3. The molecule has 1 aliphatic heterocycles. The monoisotopic (exact) mass is 1470 g/mol. The molecule has 0 N–H and O–H groups in total. The van der Waals surface area contributed by atoms with Crippen LogP contribution in [-0.2, 0) is 0 Å². The summed E-state index contributed by atoms with van der Waals surface area (Å²) in [4.78, 5) is 0. The summed E-state index contributed by atoms with van der Waals surface area (Å²) in [6.45, 7) is 115. The number of hydrogen-bond acceptors (Lipinski definition) is 2. The third kappa shape index (κ3) is 16.1. The van der Waals surface area contributed by atoms with Crippen molar-refractivity contribution in [3.8, 4) is 0 Å². The summed E-state index contributed by atoms with van der Waals surface area (Å²) in [7, 11) is -26.7. The van der Waals surface area contributed by atoms with Crippen LogP contribution in [0.1, 0.15) is 97.7 Å². The molecule has 0 aliphatic carbocycles. The Balaban J connectivity index is 2.52. The quantitative estimate of drug-likeness (QED) is 0.0568. The van der Waals surface area contributed by atoms with Gasteiger partial charge in [0.25, 0.3) is 0 Å². The van der Waals surface area contributed by atoms with Gasteiger partial charge in [-0.05, 0) is 149 Å². The van der Waals surface area contributed by atoms with E-state index in [1.54, 1.807) is 25.6 Å². The van der Waals surface area contributed by atoms with Gasteiger partial charge in [-0.15, -0.1) is 0 Å². The number of thiocarbonyl (C=S) groups is 1. The van der Waals surface area contributed by atoms with Crippen molar-refractivity contribution in [1.29, 1.82) is 0 Å². The number of rotatable bonds is 22. The van der Waals surface area contributed by atoms with E-state index in [4.69, 9.17) is 12.2 Å². The normalized spacial score (nSPS) is 18.7. The summed E-state index contributed by atoms with van der Waals surface area (Å²) >= 11 is 8.64. The fraction of sp³-hybridized carbons (Fsp3) is 0.658. The van der Waals surface area contributed by atoms with Crippen LogP contribution in [-0.4, -0.2) is 115 Å². The van der Waals surface area contributed by atoms with Crippen molar-refractivity contribution in [3.05, 3.63) is 115 Å². The average molecular weight is 1480 g/mol. The summed E-state index contributed by atoms with van der Waals surface area (Å²) in [6.07, 6.45) is 0. The van der Waals surface area contributed by atoms with Crippen LogP contribution in [0.25, 0.3) is 0 Å². The second-order valence-corrected chi connectivity index (χ2v) is 123. The molecule has 0 nitrogen and oxygen atoms in total. The molecule has 0 aromatic heterocycles. The van der Waals surface area contributed by atoms with Gasteiger partial charge < -0.3 is 0 Å². The van der Waals surface area contributed by atoms with Crippen LogP contribution in [0, 0.1) is 41.5 Å². The Labute approximate surface area is 577 Å². The van der Waals surface area contributed by atoms with E-state index in [-0.39, 0.29) is 0 Å². The van der Waals surface area contributed by atoms with Crippen LogP contribution in [0.15, 0.2) is 48.5 Å². The van der Waals surface area contributed by atoms with Crippen molar-refractivity contribution >= 4 is 159 Å². The fourth-order valence-electron chi connectivity index (χ4n) is 21.9. The molecule has 89 heavy (non-hydrogen) atoms. The van der Waals surface area contributed by atoms with E-state index in [0.717, 1.165) is 0 Å². The van der Waals surface area contributed by atoms with Crippen LogP contribution < -0.4 is 20.7 Å². The highest BCUT2D eigenvalue weighted by Crippen LogP contribution is 2.56. The van der Waals surface area contributed by atoms with Gasteiger partial charge in [-0.1, -0.05) is 308 Å². The third-order valence-corrected chi connectivity index (χ3v) is 101. The molecule has 16 heteroatoms. The lowest BCUT2D eigenvalue weighted by molar-refractivity contribution is 1.09. The molecule has 1 fully saturated rings. The first-order valence-corrected chi connectivity index (χ1v) is 84.5. The van der Waals surface area contributed by atoms with E-state index < -0.39 is 111 Å². The molecule has 0 spiro atoms. The van der Waals surface area contributed by atoms with Gasteiger partial charge in [0.2, 0.25) is 14.4 Å². The summed E-state index contributed by atoms with van der Waals surface area (Å²) in [5.74, 6) is 0. The highest BCUT2D eigenvalue weighted by molar-refractivity contribution is 8.68. The molecule has 5 rings (SSSR count). The highest BCUT2D eigenvalue weighted by Gasteiger charge is 2.72. The van der Waals surface area contributed by atoms with E-state index in [9.17, 15) is 0 Å². The Morgan fingerprint density at radius 1 is 0.247 bits per heavy atom. The van der Waals surface area contributed by atoms with Crippen LogP contribution in [0.3, 0.4) is 0 Å². The van der Waals surface area contributed by atoms with Crippen LogP contribution in [0.2, 0.25) is 236 Å². The first-order valence-electron chi connectivity index (χ1n) is 34.9. The third-order valence-electron chi connectivity index (χ3n) is 20.5. The fourth-order valence-corrected chi connectivity index (χ4v) is 131. The molecule has 2 atom stereocenters. The molecule has 0 saturated carbocycles. The second kappa shape index (κ2) is 25.6. The van der Waals surface area contributed by atoms with Crippen molar-refractivity contribution in [3.63, 3.8) is 0 Å². The molecule has 0 radical (unpaired) electrons. The van der Waals surface area contributed by atoms with Gasteiger partial charge in [0.05, 0.1) is 0 Å². The largest absolute Gasteiger partial charge is 0.210 e. The maximum atomic E-state index is 8.64. The van der Waals surface area contributed by atoms with Gasteiger partial charge in [0.15, 0.2) is 0 Å². The lowest BCUT2D eigenvalue weighted by atomic mass is 10.1. The zero-order valence-corrected chi connectivity index (χ0v) is 82.0. The second-order valence-electron chi connectivity index (χ2n) is 42.5. The molecular weight excluding hydrogens is 1330 g/mol. The van der Waals surface area contributed by atoms with E-state index in [0.29, 0.717) is 31.0 Å². The van der Waals surface area contributed by atoms with E-state index in [1.807, 2.05) is 32.6 Å². The van der Waals surface area contributed by atoms with Gasteiger partial charge >= 0.3 is 0 Å². The highest BCUT2D eigenvalue weighted by atomic mass is 32.5. The molecule has 4 aromatic carbocycles. The van der Waals surface area contributed by atoms with Gasteiger partial charge in [0, 0.05) is 101 Å². The zero-order valence-electron chi connectivity index (χ0n) is 66.4. The maximum Gasteiger partial charge on any atom is 0.210 e. The van der Waals surface area contributed by atoms with Gasteiger partial charge in [-0.3, -0.25) is 0 Å². The SMILES string of the molecule is Cc1cc(C)c([Si]2(c3c(C([Si](C)(C)C)[Si](C)(C)C)cc(C([Si](C)(C)C)[Si](C)(C)C)cc3C([Si](C)(C)C)[Si](C)(C)C)S[Si](c3c(C)cc(C)cc3C)(c3c(C([Si](C)(C)C)[Si](C)(C)C)cc(C([Si](C)(C)C)[Si](C)(C)C)cc3C([Si](C)(C)C)[Si](C)(C)C)C2=S)c(C)c1. The van der Waals surface area contributed by atoms with E-state index in [2.05, 4.69) is 336 Å². The van der Waals surface area contributed by atoms with Crippen molar-refractivity contribution in [2.24, 2.45) is 0 Å². The maximum absolute atomic E-state index is 8.64. The minimum Gasteiger partial charge on any atom is -0.176 e. The average Bonchev–Trinajstić information content (AvgIpc) is 0.654. The molecule has 1 heterocycles. The Bertz CT molecular complexity index is 2840. The first-order chi connectivity index (χ1) is 39.1. The summed E-state index contributed by atoms with van der Waals surface area (Å²) < 4.78 is 1.59. The number of benzene rings is 4. The van der Waals surface area contributed by atoms with Crippen molar-refractivity contribution in [2.75, 3.05) is 0 Å². The smallest absolute Gasteiger partial charge is 0.176 e. The van der Waals surface area contributed by atoms with E-state index >= 15 is 0 Å². The topological polar surface area (TPSA) is 0 Å². The predicted octanol–water partition coefficient (Wildman–Crippen LogP) is 22.6. The van der Waals surface area contributed by atoms with Crippen LogP contribution in [0.4, 0.5) is 0 Å². The van der Waals surface area contributed by atoms with Crippen molar-refractivity contribution < 1.29 is 0 Å². The Hall–Kier alpha value is 0.356. The molecular formula is C73H140S2Si14. The molecule has 0 bridgehead atoms. The zero-order chi connectivity index (χ0) is 69.6. The summed E-state index contributed by atoms with van der Waals surface area (Å²) in [5, 5.41) is 10.6. The molecule has 2 unspecified atom stereocenters. The molecule has 1 aliphatic rings. The van der Waals surface area contributed by atoms with Crippen molar-refractivity contribution in [2.45, 2.75) is 308 Å². The molecule has 500 valence electrons. The lowest BCUT2D eigenvalue weighted by Crippen LogP contribution is -2.89. The molecule has 0 amide bonds. The minimum absolute atomic E-state index is 0.562. The van der Waals surface area contributed by atoms with Crippen molar-refractivity contribution in [1.82, 2.24) is 0 Å². The Kier molecular flexibility index (Phi) is 23.0. The van der Waals surface area contributed by atoms with Gasteiger partial charge in [0.1, 0.15) is 0 Å². The van der Waals surface area contributed by atoms with Gasteiger partial charge in [-0.2, -0.15) is 10.7 Å². The number of hydrogen-bond donors (Lipinski definition) is 0. The Morgan fingerprint density at radius 2 is 0.404 bits per heavy atom. The number of aryl methyl sites for hydroxylation is 6. The van der Waals surface area contributed by atoms with Crippen LogP contribution in [0.5, 0.6) is 0 Å². The first kappa shape index (κ1) is 80.0. The molecule has 4 aromatic rings. The van der Waals surface area contributed by atoms with Gasteiger partial charge in [-0.25, -0.2) is 0 Å².